The second-order valence-electron chi connectivity index (χ2n) is 7.86. The number of hydrogen-bond donors (Lipinski definition) is 1. The molecule has 0 radical (unpaired) electrons. The molecule has 1 unspecified atom stereocenters. The van der Waals surface area contributed by atoms with Gasteiger partial charge >= 0.3 is 0 Å². The molecule has 0 bridgehead atoms. The lowest BCUT2D eigenvalue weighted by Crippen LogP contribution is -2.38. The summed E-state index contributed by atoms with van der Waals surface area (Å²) in [6, 6.07) is 11.2. The molecule has 2 amide bonds. The number of nitrogens with zero attached hydrogens (tertiary/aromatic N) is 1. The maximum Gasteiger partial charge on any atom is 0.264 e. The number of fused-ring (bicyclic) bond motifs is 2. The highest BCUT2D eigenvalue weighted by molar-refractivity contribution is 5.92. The van der Waals surface area contributed by atoms with E-state index in [0.717, 1.165) is 11.1 Å². The normalized spacial score (nSPS) is 17.4. The van der Waals surface area contributed by atoms with Crippen LogP contribution in [0.4, 0.5) is 5.69 Å². The lowest BCUT2D eigenvalue weighted by molar-refractivity contribution is -0.139. The van der Waals surface area contributed by atoms with Crippen molar-refractivity contribution in [2.45, 2.75) is 46.4 Å². The van der Waals surface area contributed by atoms with Gasteiger partial charge in [-0.1, -0.05) is 26.8 Å². The van der Waals surface area contributed by atoms with Gasteiger partial charge < -0.3 is 24.4 Å². The molecule has 158 valence electrons. The molecule has 0 saturated carbocycles. The van der Waals surface area contributed by atoms with Gasteiger partial charge in [-0.2, -0.15) is 0 Å². The quantitative estimate of drug-likeness (QED) is 0.813. The van der Waals surface area contributed by atoms with E-state index in [1.165, 1.54) is 0 Å². The minimum absolute atomic E-state index is 0.0517. The van der Waals surface area contributed by atoms with Gasteiger partial charge in [0.2, 0.25) is 12.7 Å². The Bertz CT molecular complexity index is 972. The van der Waals surface area contributed by atoms with Crippen molar-refractivity contribution in [2.75, 3.05) is 12.1 Å². The number of carbonyl (C=O) groups excluding carboxylic acids is 2. The third kappa shape index (κ3) is 4.06. The highest BCUT2D eigenvalue weighted by Crippen LogP contribution is 2.34. The van der Waals surface area contributed by atoms with Gasteiger partial charge in [-0.3, -0.25) is 9.59 Å². The Hall–Kier alpha value is -3.22. The van der Waals surface area contributed by atoms with Crippen molar-refractivity contribution >= 4 is 17.5 Å². The molecule has 2 heterocycles. The molecule has 2 aromatic rings. The van der Waals surface area contributed by atoms with Crippen molar-refractivity contribution in [3.8, 4) is 17.2 Å². The van der Waals surface area contributed by atoms with Crippen LogP contribution < -0.4 is 19.5 Å². The largest absolute Gasteiger partial charge is 0.480 e. The fourth-order valence-electron chi connectivity index (χ4n) is 3.52. The van der Waals surface area contributed by atoms with Crippen LogP contribution >= 0.6 is 0 Å². The van der Waals surface area contributed by atoms with Gasteiger partial charge in [0.1, 0.15) is 5.75 Å². The third-order valence-corrected chi connectivity index (χ3v) is 5.25. The standard InChI is InChI=1S/C23H26N2O5/c1-4-18-23(27)25(11-15-5-7-20-21(9-15)29-13-28-20)12-16-10-17(6-8-19(16)30-18)24-22(26)14(2)3/h5-10,14,18H,4,11-13H2,1-3H3,(H,24,26). The third-order valence-electron chi connectivity index (χ3n) is 5.25. The van der Waals surface area contributed by atoms with Crippen LogP contribution in [0.2, 0.25) is 0 Å². The first kappa shape index (κ1) is 20.1. The van der Waals surface area contributed by atoms with Crippen LogP contribution in [0.25, 0.3) is 0 Å². The number of rotatable bonds is 5. The highest BCUT2D eigenvalue weighted by Gasteiger charge is 2.30. The Kier molecular flexibility index (Phi) is 5.53. The molecule has 2 aliphatic rings. The van der Waals surface area contributed by atoms with Crippen LogP contribution in [0.15, 0.2) is 36.4 Å². The topological polar surface area (TPSA) is 77.1 Å². The average Bonchev–Trinajstić information content (AvgIpc) is 3.15. The molecular weight excluding hydrogens is 384 g/mol. The fourth-order valence-corrected chi connectivity index (χ4v) is 3.52. The van der Waals surface area contributed by atoms with E-state index in [1.807, 2.05) is 57.2 Å². The van der Waals surface area contributed by atoms with E-state index in [4.69, 9.17) is 14.2 Å². The molecule has 7 heteroatoms. The van der Waals surface area contributed by atoms with Crippen LogP contribution in [-0.4, -0.2) is 29.6 Å². The van der Waals surface area contributed by atoms with Gasteiger partial charge in [0, 0.05) is 30.3 Å². The Morgan fingerprint density at radius 2 is 1.90 bits per heavy atom. The summed E-state index contributed by atoms with van der Waals surface area (Å²) < 4.78 is 16.8. The van der Waals surface area contributed by atoms with Crippen LogP contribution in [0, 0.1) is 5.92 Å². The lowest BCUT2D eigenvalue weighted by atomic mass is 10.1. The summed E-state index contributed by atoms with van der Waals surface area (Å²) in [7, 11) is 0. The zero-order valence-corrected chi connectivity index (χ0v) is 17.4. The Morgan fingerprint density at radius 3 is 2.67 bits per heavy atom. The Labute approximate surface area is 175 Å². The van der Waals surface area contributed by atoms with Gasteiger partial charge in [-0.15, -0.1) is 0 Å². The molecule has 2 aromatic carbocycles. The van der Waals surface area contributed by atoms with Crippen LogP contribution in [-0.2, 0) is 22.7 Å². The molecule has 0 saturated heterocycles. The maximum atomic E-state index is 13.1. The molecular formula is C23H26N2O5. The van der Waals surface area contributed by atoms with E-state index in [2.05, 4.69) is 5.32 Å². The van der Waals surface area contributed by atoms with E-state index < -0.39 is 6.10 Å². The van der Waals surface area contributed by atoms with Crippen LogP contribution in [0.5, 0.6) is 17.2 Å². The summed E-state index contributed by atoms with van der Waals surface area (Å²) in [5.41, 5.74) is 2.51. The van der Waals surface area contributed by atoms with Crippen molar-refractivity contribution in [1.29, 1.82) is 0 Å². The lowest BCUT2D eigenvalue weighted by Gasteiger charge is -2.23. The first-order valence-corrected chi connectivity index (χ1v) is 10.2. The van der Waals surface area contributed by atoms with E-state index >= 15 is 0 Å². The van der Waals surface area contributed by atoms with Crippen molar-refractivity contribution < 1.29 is 23.8 Å². The minimum Gasteiger partial charge on any atom is -0.480 e. The predicted molar refractivity (Wildman–Crippen MR) is 111 cm³/mol. The van der Waals surface area contributed by atoms with Crippen molar-refractivity contribution in [2.24, 2.45) is 5.92 Å². The number of carbonyl (C=O) groups is 2. The number of nitrogens with one attached hydrogen (secondary N) is 1. The summed E-state index contributed by atoms with van der Waals surface area (Å²) >= 11 is 0. The van der Waals surface area contributed by atoms with Crippen LogP contribution in [0.1, 0.15) is 38.3 Å². The number of hydrogen-bond acceptors (Lipinski definition) is 5. The van der Waals surface area contributed by atoms with Gasteiger partial charge in [0.15, 0.2) is 17.6 Å². The van der Waals surface area contributed by atoms with E-state index in [-0.39, 0.29) is 24.5 Å². The van der Waals surface area contributed by atoms with Crippen molar-refractivity contribution in [3.63, 3.8) is 0 Å². The Balaban J connectivity index is 1.60. The SMILES string of the molecule is CCC1Oc2ccc(NC(=O)C(C)C)cc2CN(Cc2ccc3c(c2)OCO3)C1=O. The monoisotopic (exact) mass is 410 g/mol. The zero-order valence-electron chi connectivity index (χ0n) is 17.4. The minimum atomic E-state index is -0.545. The number of anilines is 1. The van der Waals surface area contributed by atoms with Gasteiger partial charge in [0.25, 0.3) is 5.91 Å². The zero-order chi connectivity index (χ0) is 21.3. The highest BCUT2D eigenvalue weighted by atomic mass is 16.7. The average molecular weight is 410 g/mol. The molecule has 1 N–H and O–H groups in total. The number of ether oxygens (including phenoxy) is 3. The molecule has 0 spiro atoms. The summed E-state index contributed by atoms with van der Waals surface area (Å²) in [5, 5.41) is 2.91. The molecule has 0 fully saturated rings. The van der Waals surface area contributed by atoms with Gasteiger partial charge in [-0.05, 0) is 42.3 Å². The summed E-state index contributed by atoms with van der Waals surface area (Å²) in [4.78, 5) is 27.0. The van der Waals surface area contributed by atoms with E-state index in [9.17, 15) is 9.59 Å². The van der Waals surface area contributed by atoms with E-state index in [1.54, 1.807) is 4.90 Å². The number of amides is 2. The van der Waals surface area contributed by atoms with Crippen molar-refractivity contribution in [3.05, 3.63) is 47.5 Å². The first-order chi connectivity index (χ1) is 14.4. The molecule has 30 heavy (non-hydrogen) atoms. The number of benzene rings is 2. The van der Waals surface area contributed by atoms with Crippen molar-refractivity contribution in [1.82, 2.24) is 4.90 Å². The van der Waals surface area contributed by atoms with E-state index in [0.29, 0.717) is 42.4 Å². The molecule has 7 nitrogen and oxygen atoms in total. The Morgan fingerprint density at radius 1 is 1.13 bits per heavy atom. The smallest absolute Gasteiger partial charge is 0.264 e. The molecule has 0 aliphatic carbocycles. The fraction of sp³-hybridized carbons (Fsp3) is 0.391. The molecule has 4 rings (SSSR count). The summed E-state index contributed by atoms with van der Waals surface area (Å²) in [6.45, 7) is 6.66. The second-order valence-corrected chi connectivity index (χ2v) is 7.86. The van der Waals surface area contributed by atoms with Gasteiger partial charge in [-0.25, -0.2) is 0 Å². The first-order valence-electron chi connectivity index (χ1n) is 10.2. The molecule has 2 aliphatic heterocycles. The van der Waals surface area contributed by atoms with Gasteiger partial charge in [0.05, 0.1) is 0 Å². The summed E-state index contributed by atoms with van der Waals surface area (Å²) in [6.07, 6.45) is 0.0261. The summed E-state index contributed by atoms with van der Waals surface area (Å²) in [5.74, 6) is 1.85. The molecule has 1 atom stereocenters. The maximum absolute atomic E-state index is 13.1. The molecule has 0 aromatic heterocycles. The second kappa shape index (κ2) is 8.26. The van der Waals surface area contributed by atoms with Crippen LogP contribution in [0.3, 0.4) is 0 Å². The predicted octanol–water partition coefficient (Wildman–Crippen LogP) is 3.71.